The molecule has 88 valence electrons. The topological polar surface area (TPSA) is 36.4 Å². The Balaban J connectivity index is 2.08. The highest BCUT2D eigenvalue weighted by atomic mass is 16.3. The highest BCUT2D eigenvalue weighted by molar-refractivity contribution is 5.40. The van der Waals surface area contributed by atoms with Gasteiger partial charge in [0, 0.05) is 19.3 Å². The zero-order chi connectivity index (χ0) is 11.7. The molecule has 1 saturated carbocycles. The summed E-state index contributed by atoms with van der Waals surface area (Å²) in [6, 6.07) is 4.49. The van der Waals surface area contributed by atoms with Crippen LogP contribution in [0.4, 0.5) is 5.82 Å². The monoisotopic (exact) mass is 220 g/mol. The molecule has 0 aliphatic heterocycles. The number of anilines is 1. The van der Waals surface area contributed by atoms with Crippen LogP contribution in [0.2, 0.25) is 0 Å². The summed E-state index contributed by atoms with van der Waals surface area (Å²) in [4.78, 5) is 6.62. The Morgan fingerprint density at radius 1 is 1.38 bits per heavy atom. The minimum absolute atomic E-state index is 0.437. The quantitative estimate of drug-likeness (QED) is 0.846. The Labute approximate surface area is 97.1 Å². The molecule has 1 aliphatic rings. The number of aliphatic hydroxyl groups excluding tert-OH is 1. The Bertz CT molecular complexity index is 343. The van der Waals surface area contributed by atoms with Crippen LogP contribution in [-0.4, -0.2) is 23.2 Å². The maximum atomic E-state index is 9.41. The molecule has 1 heterocycles. The molecule has 0 amide bonds. The van der Waals surface area contributed by atoms with Gasteiger partial charge in [0.25, 0.3) is 0 Å². The second-order valence-corrected chi connectivity index (χ2v) is 4.81. The van der Waals surface area contributed by atoms with E-state index in [2.05, 4.69) is 23.9 Å². The van der Waals surface area contributed by atoms with Crippen molar-refractivity contribution in [3.05, 3.63) is 23.9 Å². The maximum absolute atomic E-state index is 9.41. The molecule has 1 aromatic heterocycles. The second-order valence-electron chi connectivity index (χ2n) is 4.81. The van der Waals surface area contributed by atoms with Gasteiger partial charge in [-0.25, -0.2) is 4.98 Å². The highest BCUT2D eigenvalue weighted by Gasteiger charge is 2.30. The van der Waals surface area contributed by atoms with Gasteiger partial charge in [0.05, 0.1) is 6.10 Å². The number of pyridine rings is 1. The van der Waals surface area contributed by atoms with Crippen LogP contribution < -0.4 is 4.90 Å². The third-order valence-corrected chi connectivity index (χ3v) is 3.53. The Morgan fingerprint density at radius 2 is 2.06 bits per heavy atom. The molecule has 1 N–H and O–H groups in total. The lowest BCUT2D eigenvalue weighted by Gasteiger charge is -2.26. The third-order valence-electron chi connectivity index (χ3n) is 3.53. The molecule has 16 heavy (non-hydrogen) atoms. The van der Waals surface area contributed by atoms with Gasteiger partial charge in [-0.3, -0.25) is 0 Å². The van der Waals surface area contributed by atoms with Crippen molar-refractivity contribution in [1.29, 1.82) is 0 Å². The van der Waals surface area contributed by atoms with Gasteiger partial charge in [-0.15, -0.1) is 0 Å². The summed E-state index contributed by atoms with van der Waals surface area (Å²) in [6.45, 7) is 4.01. The first kappa shape index (κ1) is 11.4. The standard InChI is InChI=1S/C13H20N2O/c1-9(11-4-5-11)15(3)13-7-6-12(8-14-13)10(2)16/h6-11,16H,4-5H2,1-3H3. The minimum Gasteiger partial charge on any atom is -0.389 e. The van der Waals surface area contributed by atoms with Crippen LogP contribution in [0.3, 0.4) is 0 Å². The maximum Gasteiger partial charge on any atom is 0.128 e. The van der Waals surface area contributed by atoms with Crippen LogP contribution >= 0.6 is 0 Å². The lowest BCUT2D eigenvalue weighted by Crippen LogP contribution is -2.31. The first-order valence-corrected chi connectivity index (χ1v) is 5.96. The van der Waals surface area contributed by atoms with E-state index in [1.165, 1.54) is 12.8 Å². The summed E-state index contributed by atoms with van der Waals surface area (Å²) >= 11 is 0. The zero-order valence-corrected chi connectivity index (χ0v) is 10.2. The summed E-state index contributed by atoms with van der Waals surface area (Å²) in [5.74, 6) is 1.83. The van der Waals surface area contributed by atoms with Crippen LogP contribution in [0.25, 0.3) is 0 Å². The second kappa shape index (κ2) is 4.42. The van der Waals surface area contributed by atoms with Crippen molar-refractivity contribution >= 4 is 5.82 Å². The zero-order valence-electron chi connectivity index (χ0n) is 10.2. The van der Waals surface area contributed by atoms with Crippen molar-refractivity contribution in [2.24, 2.45) is 5.92 Å². The predicted octanol–water partition coefficient (Wildman–Crippen LogP) is 2.37. The molecule has 3 nitrogen and oxygen atoms in total. The average Bonchev–Trinajstić information content (AvgIpc) is 3.11. The molecule has 2 atom stereocenters. The van der Waals surface area contributed by atoms with Crippen molar-refractivity contribution in [2.45, 2.75) is 38.8 Å². The van der Waals surface area contributed by atoms with E-state index in [1.54, 1.807) is 13.1 Å². The molecule has 2 unspecified atom stereocenters. The van der Waals surface area contributed by atoms with Gasteiger partial charge in [0.15, 0.2) is 0 Å². The largest absolute Gasteiger partial charge is 0.389 e. The molecule has 3 heteroatoms. The fourth-order valence-corrected chi connectivity index (χ4v) is 1.96. The van der Waals surface area contributed by atoms with Crippen LogP contribution in [-0.2, 0) is 0 Å². The van der Waals surface area contributed by atoms with Gasteiger partial charge in [-0.05, 0) is 44.2 Å². The van der Waals surface area contributed by atoms with E-state index < -0.39 is 6.10 Å². The fraction of sp³-hybridized carbons (Fsp3) is 0.615. The summed E-state index contributed by atoms with van der Waals surface area (Å²) in [6.07, 6.45) is 4.01. The Morgan fingerprint density at radius 3 is 2.50 bits per heavy atom. The lowest BCUT2D eigenvalue weighted by atomic mass is 10.1. The average molecular weight is 220 g/mol. The van der Waals surface area contributed by atoms with Crippen molar-refractivity contribution in [3.8, 4) is 0 Å². The van der Waals surface area contributed by atoms with Gasteiger partial charge in [0.2, 0.25) is 0 Å². The molecule has 0 spiro atoms. The van der Waals surface area contributed by atoms with Crippen molar-refractivity contribution in [1.82, 2.24) is 4.98 Å². The van der Waals surface area contributed by atoms with E-state index in [-0.39, 0.29) is 0 Å². The van der Waals surface area contributed by atoms with Crippen LogP contribution in [0.5, 0.6) is 0 Å². The summed E-state index contributed by atoms with van der Waals surface area (Å²) in [5, 5.41) is 9.41. The number of hydrogen-bond donors (Lipinski definition) is 1. The predicted molar refractivity (Wildman–Crippen MR) is 65.5 cm³/mol. The number of hydrogen-bond acceptors (Lipinski definition) is 3. The number of aliphatic hydroxyl groups is 1. The number of aromatic nitrogens is 1. The van der Waals surface area contributed by atoms with Gasteiger partial charge in [-0.1, -0.05) is 6.07 Å². The molecule has 1 aromatic rings. The van der Waals surface area contributed by atoms with E-state index in [1.807, 2.05) is 12.1 Å². The first-order chi connectivity index (χ1) is 7.59. The fourth-order valence-electron chi connectivity index (χ4n) is 1.96. The van der Waals surface area contributed by atoms with Crippen molar-refractivity contribution in [3.63, 3.8) is 0 Å². The van der Waals surface area contributed by atoms with E-state index in [9.17, 15) is 5.11 Å². The molecule has 1 aliphatic carbocycles. The van der Waals surface area contributed by atoms with E-state index >= 15 is 0 Å². The molecule has 0 aromatic carbocycles. The molecule has 0 bridgehead atoms. The Hall–Kier alpha value is -1.09. The van der Waals surface area contributed by atoms with E-state index in [4.69, 9.17) is 0 Å². The molecular weight excluding hydrogens is 200 g/mol. The number of rotatable bonds is 4. The van der Waals surface area contributed by atoms with Crippen molar-refractivity contribution in [2.75, 3.05) is 11.9 Å². The summed E-state index contributed by atoms with van der Waals surface area (Å²) in [7, 11) is 2.09. The lowest BCUT2D eigenvalue weighted by molar-refractivity contribution is 0.199. The summed E-state index contributed by atoms with van der Waals surface area (Å²) in [5.41, 5.74) is 0.872. The minimum atomic E-state index is -0.437. The van der Waals surface area contributed by atoms with Crippen LogP contribution in [0, 0.1) is 5.92 Å². The Kier molecular flexibility index (Phi) is 3.15. The summed E-state index contributed by atoms with van der Waals surface area (Å²) < 4.78 is 0. The van der Waals surface area contributed by atoms with Gasteiger partial charge in [-0.2, -0.15) is 0 Å². The molecule has 0 saturated heterocycles. The molecular formula is C13H20N2O. The molecule has 0 radical (unpaired) electrons. The van der Waals surface area contributed by atoms with Crippen molar-refractivity contribution < 1.29 is 5.11 Å². The normalized spacial score (nSPS) is 19.2. The van der Waals surface area contributed by atoms with Crippen LogP contribution in [0.15, 0.2) is 18.3 Å². The number of nitrogens with zero attached hydrogens (tertiary/aromatic N) is 2. The smallest absolute Gasteiger partial charge is 0.128 e. The van der Waals surface area contributed by atoms with Crippen LogP contribution in [0.1, 0.15) is 38.4 Å². The third kappa shape index (κ3) is 2.35. The SMILES string of the molecule is CC(O)c1ccc(N(C)C(C)C2CC2)nc1. The first-order valence-electron chi connectivity index (χ1n) is 5.96. The van der Waals surface area contributed by atoms with E-state index in [0.717, 1.165) is 17.3 Å². The van der Waals surface area contributed by atoms with Gasteiger partial charge >= 0.3 is 0 Å². The molecule has 1 fully saturated rings. The van der Waals surface area contributed by atoms with Gasteiger partial charge in [0.1, 0.15) is 5.82 Å². The highest BCUT2D eigenvalue weighted by Crippen LogP contribution is 2.35. The van der Waals surface area contributed by atoms with Gasteiger partial charge < -0.3 is 10.0 Å². The van der Waals surface area contributed by atoms with E-state index in [0.29, 0.717) is 6.04 Å². The molecule has 2 rings (SSSR count).